The van der Waals surface area contributed by atoms with Gasteiger partial charge < -0.3 is 10.2 Å². The predicted octanol–water partition coefficient (Wildman–Crippen LogP) is 1.49. The van der Waals surface area contributed by atoms with Crippen LogP contribution in [0.2, 0.25) is 0 Å². The van der Waals surface area contributed by atoms with Crippen molar-refractivity contribution in [3.8, 4) is 0 Å². The van der Waals surface area contributed by atoms with E-state index in [2.05, 4.69) is 10.2 Å². The van der Waals surface area contributed by atoms with E-state index in [4.69, 9.17) is 0 Å². The number of rotatable bonds is 4. The third kappa shape index (κ3) is 3.65. The smallest absolute Gasteiger partial charge is 0.244 e. The number of nitrogens with zero attached hydrogens (tertiary/aromatic N) is 2. The molecular weight excluding hydrogens is 306 g/mol. The zero-order valence-corrected chi connectivity index (χ0v) is 14.9. The van der Waals surface area contributed by atoms with Gasteiger partial charge in [0.1, 0.15) is 0 Å². The van der Waals surface area contributed by atoms with Crippen LogP contribution < -0.4 is 5.32 Å². The van der Waals surface area contributed by atoms with Crippen molar-refractivity contribution in [1.82, 2.24) is 14.5 Å². The third-order valence-corrected chi connectivity index (χ3v) is 7.17. The molecule has 1 atom stereocenters. The Bertz CT molecular complexity index is 583. The van der Waals surface area contributed by atoms with Gasteiger partial charge in [-0.1, -0.05) is 0 Å². The van der Waals surface area contributed by atoms with E-state index in [9.17, 15) is 8.42 Å². The molecule has 2 rings (SSSR count). The lowest BCUT2D eigenvalue weighted by Crippen LogP contribution is -2.41. The Labute approximate surface area is 132 Å². The minimum absolute atomic E-state index is 0.00884. The molecule has 7 heteroatoms. The number of sulfonamides is 1. The van der Waals surface area contributed by atoms with E-state index in [-0.39, 0.29) is 6.04 Å². The van der Waals surface area contributed by atoms with Gasteiger partial charge in [-0.3, -0.25) is 0 Å². The van der Waals surface area contributed by atoms with E-state index in [0.29, 0.717) is 18.0 Å². The zero-order valence-electron chi connectivity index (χ0n) is 13.2. The number of likely N-dealkylation sites (N-methyl/N-ethyl adjacent to an activating group) is 1. The van der Waals surface area contributed by atoms with Crippen molar-refractivity contribution in [2.75, 3.05) is 33.7 Å². The number of hydrogen-bond donors (Lipinski definition) is 1. The minimum atomic E-state index is -3.40. The Morgan fingerprint density at radius 2 is 2.14 bits per heavy atom. The van der Waals surface area contributed by atoms with Crippen molar-refractivity contribution < 1.29 is 8.42 Å². The molecule has 1 aromatic rings. The highest BCUT2D eigenvalue weighted by molar-refractivity contribution is 7.89. The maximum atomic E-state index is 13.0. The van der Waals surface area contributed by atoms with Crippen LogP contribution in [0.3, 0.4) is 0 Å². The number of thiophene rings is 1. The first-order valence-corrected chi connectivity index (χ1v) is 9.56. The summed E-state index contributed by atoms with van der Waals surface area (Å²) >= 11 is 1.56. The molecule has 5 nitrogen and oxygen atoms in total. The molecule has 1 fully saturated rings. The SMILES string of the molecule is CNCc1cc(S(=O)(=O)N2CCCN(C)CC2C)c(C)s1. The highest BCUT2D eigenvalue weighted by Gasteiger charge is 2.33. The second kappa shape index (κ2) is 6.75. The van der Waals surface area contributed by atoms with E-state index >= 15 is 0 Å². The highest BCUT2D eigenvalue weighted by Crippen LogP contribution is 2.30. The zero-order chi connectivity index (χ0) is 15.6. The van der Waals surface area contributed by atoms with Crippen LogP contribution in [0.25, 0.3) is 0 Å². The van der Waals surface area contributed by atoms with Gasteiger partial charge >= 0.3 is 0 Å². The first-order chi connectivity index (χ1) is 9.86. The molecule has 0 bridgehead atoms. The molecule has 0 aromatic carbocycles. The quantitative estimate of drug-likeness (QED) is 0.908. The third-order valence-electron chi connectivity index (χ3n) is 3.85. The van der Waals surface area contributed by atoms with Crippen LogP contribution in [0.5, 0.6) is 0 Å². The number of nitrogens with one attached hydrogen (secondary N) is 1. The second-order valence-corrected chi connectivity index (χ2v) is 8.94. The fourth-order valence-corrected chi connectivity index (χ4v) is 6.15. The van der Waals surface area contributed by atoms with E-state index in [0.717, 1.165) is 29.3 Å². The van der Waals surface area contributed by atoms with Crippen molar-refractivity contribution in [2.24, 2.45) is 0 Å². The lowest BCUT2D eigenvalue weighted by atomic mass is 10.3. The van der Waals surface area contributed by atoms with E-state index in [1.54, 1.807) is 15.6 Å². The molecule has 0 radical (unpaired) electrons. The van der Waals surface area contributed by atoms with Crippen molar-refractivity contribution in [3.63, 3.8) is 0 Å². The van der Waals surface area contributed by atoms with Crippen LogP contribution in [0.15, 0.2) is 11.0 Å². The van der Waals surface area contributed by atoms with Crippen molar-refractivity contribution in [2.45, 2.75) is 37.8 Å². The van der Waals surface area contributed by atoms with Gasteiger partial charge in [-0.2, -0.15) is 4.31 Å². The number of aryl methyl sites for hydroxylation is 1. The molecule has 1 aliphatic heterocycles. The largest absolute Gasteiger partial charge is 0.315 e. The Kier molecular flexibility index (Phi) is 5.43. The molecule has 2 heterocycles. The molecule has 0 spiro atoms. The molecule has 1 unspecified atom stereocenters. The Morgan fingerprint density at radius 3 is 2.81 bits per heavy atom. The van der Waals surface area contributed by atoms with Crippen LogP contribution in [0.1, 0.15) is 23.1 Å². The summed E-state index contributed by atoms with van der Waals surface area (Å²) in [5, 5.41) is 3.08. The monoisotopic (exact) mass is 331 g/mol. The van der Waals surface area contributed by atoms with Gasteiger partial charge in [-0.25, -0.2) is 8.42 Å². The van der Waals surface area contributed by atoms with Crippen molar-refractivity contribution in [1.29, 1.82) is 0 Å². The summed E-state index contributed by atoms with van der Waals surface area (Å²) in [5.74, 6) is 0. The maximum absolute atomic E-state index is 13.0. The lowest BCUT2D eigenvalue weighted by molar-refractivity contribution is 0.290. The Balaban J connectivity index is 2.32. The Hall–Kier alpha value is -0.470. The standard InChI is InChI=1S/C14H25N3O2S2/c1-11-10-16(4)6-5-7-17(11)21(18,19)14-8-13(9-15-3)20-12(14)2/h8,11,15H,5-7,9-10H2,1-4H3. The van der Waals surface area contributed by atoms with E-state index in [1.165, 1.54) is 0 Å². The summed E-state index contributed by atoms with van der Waals surface area (Å²) in [6.45, 7) is 6.93. The molecule has 1 aromatic heterocycles. The maximum Gasteiger partial charge on any atom is 0.244 e. The molecule has 0 saturated carbocycles. The summed E-state index contributed by atoms with van der Waals surface area (Å²) in [7, 11) is 0.523. The van der Waals surface area contributed by atoms with Gasteiger partial charge in [0.05, 0.1) is 4.90 Å². The van der Waals surface area contributed by atoms with Crippen LogP contribution in [-0.4, -0.2) is 57.4 Å². The summed E-state index contributed by atoms with van der Waals surface area (Å²) in [5.41, 5.74) is 0. The average molecular weight is 332 g/mol. The lowest BCUT2D eigenvalue weighted by Gasteiger charge is -2.27. The van der Waals surface area contributed by atoms with Crippen molar-refractivity contribution in [3.05, 3.63) is 15.8 Å². The van der Waals surface area contributed by atoms with Crippen LogP contribution in [0, 0.1) is 6.92 Å². The van der Waals surface area contributed by atoms with Gasteiger partial charge in [0.2, 0.25) is 10.0 Å². The molecule has 0 aliphatic carbocycles. The first kappa shape index (κ1) is 16.9. The van der Waals surface area contributed by atoms with Crippen LogP contribution in [0.4, 0.5) is 0 Å². The topological polar surface area (TPSA) is 52.7 Å². The number of hydrogen-bond acceptors (Lipinski definition) is 5. The van der Waals surface area contributed by atoms with Gasteiger partial charge in [0, 0.05) is 35.4 Å². The van der Waals surface area contributed by atoms with Gasteiger partial charge in [-0.15, -0.1) is 11.3 Å². The summed E-state index contributed by atoms with van der Waals surface area (Å²) in [6, 6.07) is 1.84. The molecule has 1 aliphatic rings. The first-order valence-electron chi connectivity index (χ1n) is 7.30. The van der Waals surface area contributed by atoms with E-state index < -0.39 is 10.0 Å². The normalized spacial score (nSPS) is 22.4. The molecule has 0 amide bonds. The highest BCUT2D eigenvalue weighted by atomic mass is 32.2. The summed E-state index contributed by atoms with van der Waals surface area (Å²) < 4.78 is 27.7. The fourth-order valence-electron chi connectivity index (χ4n) is 2.88. The van der Waals surface area contributed by atoms with Gasteiger partial charge in [0.25, 0.3) is 0 Å². The average Bonchev–Trinajstić information content (AvgIpc) is 2.66. The van der Waals surface area contributed by atoms with Gasteiger partial charge in [0.15, 0.2) is 0 Å². The molecular formula is C14H25N3O2S2. The predicted molar refractivity (Wildman–Crippen MR) is 87.3 cm³/mol. The second-order valence-electron chi connectivity index (χ2n) is 5.74. The van der Waals surface area contributed by atoms with Crippen LogP contribution >= 0.6 is 11.3 Å². The molecule has 120 valence electrons. The Morgan fingerprint density at radius 1 is 1.43 bits per heavy atom. The summed E-state index contributed by atoms with van der Waals surface area (Å²) in [4.78, 5) is 4.62. The minimum Gasteiger partial charge on any atom is -0.315 e. The molecule has 1 N–H and O–H groups in total. The van der Waals surface area contributed by atoms with E-state index in [1.807, 2.05) is 34.0 Å². The van der Waals surface area contributed by atoms with Crippen LogP contribution in [-0.2, 0) is 16.6 Å². The van der Waals surface area contributed by atoms with Crippen molar-refractivity contribution >= 4 is 21.4 Å². The molecule has 21 heavy (non-hydrogen) atoms. The molecule has 1 saturated heterocycles. The fraction of sp³-hybridized carbons (Fsp3) is 0.714. The summed E-state index contributed by atoms with van der Waals surface area (Å²) in [6.07, 6.45) is 0.882. The van der Waals surface area contributed by atoms with Gasteiger partial charge in [-0.05, 0) is 47.0 Å².